The van der Waals surface area contributed by atoms with E-state index in [9.17, 15) is 5.26 Å². The average Bonchev–Trinajstić information content (AvgIpc) is 2.46. The predicted octanol–water partition coefficient (Wildman–Crippen LogP) is 3.82. The van der Waals surface area contributed by atoms with Gasteiger partial charge in [0.15, 0.2) is 5.69 Å². The molecule has 0 spiro atoms. The average molecular weight is 266 g/mol. The van der Waals surface area contributed by atoms with Gasteiger partial charge in [-0.15, -0.1) is 0 Å². The predicted molar refractivity (Wildman–Crippen MR) is 74.7 cm³/mol. The van der Waals surface area contributed by atoms with Crippen LogP contribution in [0.3, 0.4) is 0 Å². The lowest BCUT2D eigenvalue weighted by molar-refractivity contribution is 1.27. The minimum atomic E-state index is 0.355. The maximum Gasteiger partial charge on any atom is 0.150 e. The summed E-state index contributed by atoms with van der Waals surface area (Å²) in [5.41, 5.74) is 2.50. The number of pyridine rings is 2. The van der Waals surface area contributed by atoms with E-state index in [1.165, 1.54) is 0 Å². The molecule has 0 fully saturated rings. The Labute approximate surface area is 115 Å². The number of nitrogens with zero attached hydrogens (tertiary/aromatic N) is 3. The molecule has 3 aromatic rings. The first-order valence-electron chi connectivity index (χ1n) is 5.71. The van der Waals surface area contributed by atoms with Gasteiger partial charge in [0.25, 0.3) is 0 Å². The van der Waals surface area contributed by atoms with Gasteiger partial charge in [0.05, 0.1) is 11.2 Å². The van der Waals surface area contributed by atoms with Crippen LogP contribution >= 0.6 is 11.6 Å². The fourth-order valence-corrected chi connectivity index (χ4v) is 2.12. The van der Waals surface area contributed by atoms with Crippen molar-refractivity contribution < 1.29 is 0 Å². The SMILES string of the molecule is N#Cc1nc2ccccc2cc1-c1cccc(Cl)n1. The lowest BCUT2D eigenvalue weighted by atomic mass is 10.1. The number of para-hydroxylation sites is 1. The summed E-state index contributed by atoms with van der Waals surface area (Å²) in [6.07, 6.45) is 0. The number of halogens is 1. The zero-order chi connectivity index (χ0) is 13.2. The van der Waals surface area contributed by atoms with E-state index in [2.05, 4.69) is 16.0 Å². The number of aromatic nitrogens is 2. The summed E-state index contributed by atoms with van der Waals surface area (Å²) in [6, 6.07) is 17.0. The van der Waals surface area contributed by atoms with E-state index in [0.29, 0.717) is 22.1 Å². The Balaban J connectivity index is 2.31. The fraction of sp³-hybridized carbons (Fsp3) is 0. The number of fused-ring (bicyclic) bond motifs is 1. The number of hydrogen-bond acceptors (Lipinski definition) is 3. The number of benzene rings is 1. The molecule has 0 amide bonds. The van der Waals surface area contributed by atoms with Crippen LogP contribution in [0.5, 0.6) is 0 Å². The quantitative estimate of drug-likeness (QED) is 0.629. The van der Waals surface area contributed by atoms with Crippen LogP contribution in [0.2, 0.25) is 5.15 Å². The molecule has 2 heterocycles. The third kappa shape index (κ3) is 2.14. The fourth-order valence-electron chi connectivity index (χ4n) is 1.95. The Hall–Kier alpha value is -2.44. The topological polar surface area (TPSA) is 49.6 Å². The first kappa shape index (κ1) is 11.6. The van der Waals surface area contributed by atoms with Gasteiger partial charge in [-0.1, -0.05) is 35.9 Å². The summed E-state index contributed by atoms with van der Waals surface area (Å²) in [7, 11) is 0. The highest BCUT2D eigenvalue weighted by Gasteiger charge is 2.10. The first-order chi connectivity index (χ1) is 9.28. The van der Waals surface area contributed by atoms with Crippen molar-refractivity contribution in [2.24, 2.45) is 0 Å². The molecule has 0 unspecified atom stereocenters. The highest BCUT2D eigenvalue weighted by Crippen LogP contribution is 2.25. The lowest BCUT2D eigenvalue weighted by Crippen LogP contribution is -1.92. The molecule has 1 aromatic carbocycles. The molecular weight excluding hydrogens is 258 g/mol. The third-order valence-corrected chi connectivity index (χ3v) is 3.03. The van der Waals surface area contributed by atoms with Crippen molar-refractivity contribution in [3.8, 4) is 17.3 Å². The van der Waals surface area contributed by atoms with Crippen molar-refractivity contribution in [1.82, 2.24) is 9.97 Å². The molecule has 4 heteroatoms. The van der Waals surface area contributed by atoms with Crippen molar-refractivity contribution in [2.45, 2.75) is 0 Å². The van der Waals surface area contributed by atoms with E-state index in [1.807, 2.05) is 36.4 Å². The van der Waals surface area contributed by atoms with Gasteiger partial charge >= 0.3 is 0 Å². The summed E-state index contributed by atoms with van der Waals surface area (Å²) in [6.45, 7) is 0. The molecule has 0 saturated carbocycles. The number of hydrogen-bond donors (Lipinski definition) is 0. The minimum Gasteiger partial charge on any atom is -0.236 e. The van der Waals surface area contributed by atoms with Crippen molar-refractivity contribution in [1.29, 1.82) is 5.26 Å². The second-order valence-electron chi connectivity index (χ2n) is 4.03. The Kier molecular flexibility index (Phi) is 2.86. The molecule has 0 bridgehead atoms. The van der Waals surface area contributed by atoms with E-state index in [0.717, 1.165) is 10.9 Å². The smallest absolute Gasteiger partial charge is 0.150 e. The Morgan fingerprint density at radius 1 is 1.00 bits per heavy atom. The minimum absolute atomic E-state index is 0.355. The summed E-state index contributed by atoms with van der Waals surface area (Å²) in [5, 5.41) is 10.6. The van der Waals surface area contributed by atoms with Gasteiger partial charge in [-0.2, -0.15) is 5.26 Å². The molecule has 0 atom stereocenters. The van der Waals surface area contributed by atoms with E-state index < -0.39 is 0 Å². The van der Waals surface area contributed by atoms with E-state index >= 15 is 0 Å². The number of nitriles is 1. The molecule has 0 saturated heterocycles. The molecule has 0 aliphatic rings. The normalized spacial score (nSPS) is 10.3. The van der Waals surface area contributed by atoms with E-state index in [4.69, 9.17) is 11.6 Å². The Morgan fingerprint density at radius 2 is 1.84 bits per heavy atom. The lowest BCUT2D eigenvalue weighted by Gasteiger charge is -2.05. The van der Waals surface area contributed by atoms with Crippen LogP contribution in [-0.2, 0) is 0 Å². The van der Waals surface area contributed by atoms with Gasteiger partial charge in [-0.3, -0.25) is 0 Å². The molecule has 3 nitrogen and oxygen atoms in total. The van der Waals surface area contributed by atoms with Crippen LogP contribution in [0.1, 0.15) is 5.69 Å². The van der Waals surface area contributed by atoms with Crippen molar-refractivity contribution in [3.63, 3.8) is 0 Å². The Morgan fingerprint density at radius 3 is 2.63 bits per heavy atom. The van der Waals surface area contributed by atoms with Gasteiger partial charge in [-0.25, -0.2) is 9.97 Å². The van der Waals surface area contributed by atoms with Gasteiger partial charge in [-0.05, 0) is 24.3 Å². The highest BCUT2D eigenvalue weighted by atomic mass is 35.5. The summed E-state index contributed by atoms with van der Waals surface area (Å²) in [4.78, 5) is 8.59. The molecule has 0 radical (unpaired) electrons. The van der Waals surface area contributed by atoms with Crippen LogP contribution in [0.25, 0.3) is 22.2 Å². The summed E-state index contributed by atoms with van der Waals surface area (Å²) >= 11 is 5.89. The van der Waals surface area contributed by atoms with E-state index in [1.54, 1.807) is 12.1 Å². The molecule has 0 N–H and O–H groups in total. The monoisotopic (exact) mass is 265 g/mol. The second kappa shape index (κ2) is 4.68. The molecule has 0 aliphatic carbocycles. The molecule has 3 rings (SSSR count). The second-order valence-corrected chi connectivity index (χ2v) is 4.42. The molecular formula is C15H8ClN3. The zero-order valence-electron chi connectivity index (χ0n) is 9.84. The van der Waals surface area contributed by atoms with Crippen LogP contribution in [0, 0.1) is 11.3 Å². The zero-order valence-corrected chi connectivity index (χ0v) is 10.6. The molecule has 90 valence electrons. The van der Waals surface area contributed by atoms with Crippen molar-refractivity contribution in [2.75, 3.05) is 0 Å². The van der Waals surface area contributed by atoms with Crippen molar-refractivity contribution >= 4 is 22.5 Å². The van der Waals surface area contributed by atoms with Gasteiger partial charge < -0.3 is 0 Å². The third-order valence-electron chi connectivity index (χ3n) is 2.82. The Bertz CT molecular complexity index is 806. The van der Waals surface area contributed by atoms with Crippen LogP contribution in [0.15, 0.2) is 48.5 Å². The standard InChI is InChI=1S/C15H8ClN3/c16-15-7-3-6-13(19-15)11-8-10-4-1-2-5-12(10)18-14(11)9-17/h1-8H. The van der Waals surface area contributed by atoms with Gasteiger partial charge in [0.2, 0.25) is 0 Å². The summed E-state index contributed by atoms with van der Waals surface area (Å²) < 4.78 is 0. The molecule has 2 aromatic heterocycles. The highest BCUT2D eigenvalue weighted by molar-refractivity contribution is 6.29. The summed E-state index contributed by atoms with van der Waals surface area (Å²) in [5.74, 6) is 0. The van der Waals surface area contributed by atoms with Crippen LogP contribution in [0.4, 0.5) is 0 Å². The maximum absolute atomic E-state index is 9.24. The largest absolute Gasteiger partial charge is 0.236 e. The molecule has 19 heavy (non-hydrogen) atoms. The molecule has 0 aliphatic heterocycles. The van der Waals surface area contributed by atoms with Gasteiger partial charge in [0.1, 0.15) is 11.2 Å². The van der Waals surface area contributed by atoms with Gasteiger partial charge in [0, 0.05) is 10.9 Å². The number of rotatable bonds is 1. The maximum atomic E-state index is 9.24. The van der Waals surface area contributed by atoms with Crippen LogP contribution in [-0.4, -0.2) is 9.97 Å². The van der Waals surface area contributed by atoms with Crippen molar-refractivity contribution in [3.05, 3.63) is 59.4 Å². The van der Waals surface area contributed by atoms with E-state index in [-0.39, 0.29) is 0 Å². The first-order valence-corrected chi connectivity index (χ1v) is 6.08. The van der Waals surface area contributed by atoms with Crippen LogP contribution < -0.4 is 0 Å².